The molecule has 2 aromatic rings. The maximum Gasteiger partial charge on any atom is 0.249 e. The minimum atomic E-state index is -0.456. The van der Waals surface area contributed by atoms with Crippen LogP contribution in [0.5, 0.6) is 0 Å². The first-order valence-corrected chi connectivity index (χ1v) is 4.12. The van der Waals surface area contributed by atoms with Crippen molar-refractivity contribution in [3.63, 3.8) is 0 Å². The van der Waals surface area contributed by atoms with Crippen LogP contribution >= 0.6 is 0 Å². The van der Waals surface area contributed by atoms with Crippen molar-refractivity contribution in [3.8, 4) is 0 Å². The number of hydrogen-bond donors (Lipinski definition) is 2. The molecule has 4 nitrogen and oxygen atoms in total. The van der Waals surface area contributed by atoms with E-state index in [1.54, 1.807) is 24.4 Å². The summed E-state index contributed by atoms with van der Waals surface area (Å²) in [6.45, 7) is 0. The molecule has 1 amide bonds. The maximum absolute atomic E-state index is 11.1. The highest BCUT2D eigenvalue weighted by atomic mass is 16.1. The van der Waals surface area contributed by atoms with Crippen molar-refractivity contribution >= 4 is 22.5 Å². The lowest BCUT2D eigenvalue weighted by atomic mass is 10.1. The highest BCUT2D eigenvalue weighted by Gasteiger charge is 2.05. The van der Waals surface area contributed by atoms with Gasteiger partial charge in [0.1, 0.15) is 5.82 Å². The molecule has 70 valence electrons. The molecule has 0 fully saturated rings. The number of carbonyl (C=O) groups excluding carboxylic acids is 1. The van der Waals surface area contributed by atoms with E-state index >= 15 is 0 Å². The number of amides is 1. The van der Waals surface area contributed by atoms with Gasteiger partial charge in [-0.2, -0.15) is 0 Å². The largest absolute Gasteiger partial charge is 0.384 e. The SMILES string of the molecule is NC(=O)c1cccc2cc(N)ncc12. The number of rotatable bonds is 1. The first-order valence-electron chi connectivity index (χ1n) is 4.12. The molecule has 0 bridgehead atoms. The Kier molecular flexibility index (Phi) is 1.81. The summed E-state index contributed by atoms with van der Waals surface area (Å²) in [6, 6.07) is 7.01. The van der Waals surface area contributed by atoms with Crippen LogP contribution in [-0.2, 0) is 0 Å². The second-order valence-corrected chi connectivity index (χ2v) is 3.00. The summed E-state index contributed by atoms with van der Waals surface area (Å²) in [6.07, 6.45) is 1.56. The minimum absolute atomic E-state index is 0.430. The van der Waals surface area contributed by atoms with Crippen LogP contribution in [0.25, 0.3) is 10.8 Å². The summed E-state index contributed by atoms with van der Waals surface area (Å²) >= 11 is 0. The zero-order valence-electron chi connectivity index (χ0n) is 7.40. The summed E-state index contributed by atoms with van der Waals surface area (Å²) in [5.74, 6) is -0.0266. The molecule has 1 aromatic carbocycles. The Morgan fingerprint density at radius 3 is 2.86 bits per heavy atom. The Morgan fingerprint density at radius 1 is 1.36 bits per heavy atom. The molecule has 0 spiro atoms. The lowest BCUT2D eigenvalue weighted by Gasteiger charge is -2.02. The van der Waals surface area contributed by atoms with Gasteiger partial charge in [0.25, 0.3) is 0 Å². The van der Waals surface area contributed by atoms with Crippen LogP contribution in [-0.4, -0.2) is 10.9 Å². The van der Waals surface area contributed by atoms with E-state index in [1.165, 1.54) is 0 Å². The molecule has 1 aromatic heterocycles. The van der Waals surface area contributed by atoms with Crippen LogP contribution in [0.1, 0.15) is 10.4 Å². The number of nitrogens with two attached hydrogens (primary N) is 2. The van der Waals surface area contributed by atoms with Gasteiger partial charge < -0.3 is 11.5 Å². The van der Waals surface area contributed by atoms with Crippen molar-refractivity contribution in [2.75, 3.05) is 5.73 Å². The van der Waals surface area contributed by atoms with E-state index in [4.69, 9.17) is 11.5 Å². The molecule has 0 radical (unpaired) electrons. The summed E-state index contributed by atoms with van der Waals surface area (Å²) in [7, 11) is 0. The van der Waals surface area contributed by atoms with Gasteiger partial charge in [-0.3, -0.25) is 4.79 Å². The predicted octanol–water partition coefficient (Wildman–Crippen LogP) is 0.916. The number of anilines is 1. The molecule has 0 aliphatic carbocycles. The predicted molar refractivity (Wildman–Crippen MR) is 54.7 cm³/mol. The molecule has 0 saturated carbocycles. The van der Waals surface area contributed by atoms with E-state index in [0.717, 1.165) is 10.8 Å². The van der Waals surface area contributed by atoms with Gasteiger partial charge in [-0.15, -0.1) is 0 Å². The van der Waals surface area contributed by atoms with Crippen LogP contribution in [0.3, 0.4) is 0 Å². The Balaban J connectivity index is 2.81. The third kappa shape index (κ3) is 1.26. The van der Waals surface area contributed by atoms with Gasteiger partial charge in [-0.25, -0.2) is 4.98 Å². The molecule has 0 aliphatic rings. The zero-order valence-corrected chi connectivity index (χ0v) is 7.40. The average Bonchev–Trinajstić information content (AvgIpc) is 2.16. The molecule has 0 saturated heterocycles. The van der Waals surface area contributed by atoms with E-state index in [-0.39, 0.29) is 0 Å². The van der Waals surface area contributed by atoms with Crippen LogP contribution in [0.2, 0.25) is 0 Å². The van der Waals surface area contributed by atoms with Crippen LogP contribution in [0, 0.1) is 0 Å². The second-order valence-electron chi connectivity index (χ2n) is 3.00. The number of pyridine rings is 1. The number of fused-ring (bicyclic) bond motifs is 1. The molecule has 4 heteroatoms. The van der Waals surface area contributed by atoms with E-state index in [1.807, 2.05) is 6.07 Å². The zero-order chi connectivity index (χ0) is 10.1. The molecule has 14 heavy (non-hydrogen) atoms. The van der Waals surface area contributed by atoms with Gasteiger partial charge in [0, 0.05) is 17.1 Å². The van der Waals surface area contributed by atoms with E-state index in [0.29, 0.717) is 11.4 Å². The van der Waals surface area contributed by atoms with Gasteiger partial charge >= 0.3 is 0 Å². The van der Waals surface area contributed by atoms with Crippen LogP contribution in [0.4, 0.5) is 5.82 Å². The Bertz CT molecular complexity index is 508. The summed E-state index contributed by atoms with van der Waals surface area (Å²) in [5.41, 5.74) is 11.2. The highest BCUT2D eigenvalue weighted by Crippen LogP contribution is 2.18. The fraction of sp³-hybridized carbons (Fsp3) is 0. The van der Waals surface area contributed by atoms with Gasteiger partial charge in [-0.1, -0.05) is 12.1 Å². The lowest BCUT2D eigenvalue weighted by Crippen LogP contribution is -2.11. The average molecular weight is 187 g/mol. The number of benzene rings is 1. The summed E-state index contributed by atoms with van der Waals surface area (Å²) < 4.78 is 0. The van der Waals surface area contributed by atoms with Crippen LogP contribution in [0.15, 0.2) is 30.5 Å². The van der Waals surface area contributed by atoms with Gasteiger partial charge in [0.2, 0.25) is 5.91 Å². The van der Waals surface area contributed by atoms with E-state index in [9.17, 15) is 4.79 Å². The molecule has 4 N–H and O–H groups in total. The number of hydrogen-bond acceptors (Lipinski definition) is 3. The van der Waals surface area contributed by atoms with E-state index < -0.39 is 5.91 Å². The molecular weight excluding hydrogens is 178 g/mol. The van der Waals surface area contributed by atoms with Crippen molar-refractivity contribution in [1.82, 2.24) is 4.98 Å². The standard InChI is InChI=1S/C10H9N3O/c11-9-4-6-2-1-3-7(10(12)14)8(6)5-13-9/h1-5H,(H2,11,13)(H2,12,14). The molecule has 2 rings (SSSR count). The first kappa shape index (κ1) is 8.50. The smallest absolute Gasteiger partial charge is 0.249 e. The number of aromatic nitrogens is 1. The van der Waals surface area contributed by atoms with Gasteiger partial charge in [0.15, 0.2) is 0 Å². The van der Waals surface area contributed by atoms with Gasteiger partial charge in [0.05, 0.1) is 0 Å². The molecule has 0 aliphatic heterocycles. The topological polar surface area (TPSA) is 82.0 Å². The minimum Gasteiger partial charge on any atom is -0.384 e. The normalized spacial score (nSPS) is 10.3. The third-order valence-electron chi connectivity index (χ3n) is 2.05. The molecule has 1 heterocycles. The van der Waals surface area contributed by atoms with Crippen molar-refractivity contribution in [2.24, 2.45) is 5.73 Å². The van der Waals surface area contributed by atoms with Crippen molar-refractivity contribution in [1.29, 1.82) is 0 Å². The Hall–Kier alpha value is -2.10. The third-order valence-corrected chi connectivity index (χ3v) is 2.05. The van der Waals surface area contributed by atoms with Crippen molar-refractivity contribution in [3.05, 3.63) is 36.0 Å². The first-order chi connectivity index (χ1) is 6.68. The lowest BCUT2D eigenvalue weighted by molar-refractivity contribution is 0.100. The highest BCUT2D eigenvalue weighted by molar-refractivity contribution is 6.06. The van der Waals surface area contributed by atoms with Crippen LogP contribution < -0.4 is 11.5 Å². The van der Waals surface area contributed by atoms with Crippen molar-refractivity contribution < 1.29 is 4.79 Å². The number of primary amides is 1. The monoisotopic (exact) mass is 187 g/mol. The fourth-order valence-electron chi connectivity index (χ4n) is 1.40. The molecule has 0 atom stereocenters. The Morgan fingerprint density at radius 2 is 2.14 bits per heavy atom. The number of carbonyl (C=O) groups is 1. The molecule has 0 unspecified atom stereocenters. The van der Waals surface area contributed by atoms with Gasteiger partial charge in [-0.05, 0) is 17.5 Å². The number of nitrogens with zero attached hydrogens (tertiary/aromatic N) is 1. The quantitative estimate of drug-likeness (QED) is 0.696. The second kappa shape index (κ2) is 2.99. The molecular formula is C10H9N3O. The van der Waals surface area contributed by atoms with E-state index in [2.05, 4.69) is 4.98 Å². The number of nitrogen functional groups attached to an aromatic ring is 1. The van der Waals surface area contributed by atoms with Crippen molar-refractivity contribution in [2.45, 2.75) is 0 Å². The fourth-order valence-corrected chi connectivity index (χ4v) is 1.40. The summed E-state index contributed by atoms with van der Waals surface area (Å²) in [5, 5.41) is 1.60. The Labute approximate surface area is 80.5 Å². The maximum atomic E-state index is 11.1. The summed E-state index contributed by atoms with van der Waals surface area (Å²) in [4.78, 5) is 15.0.